The molecule has 1 atom stereocenters. The van der Waals surface area contributed by atoms with Crippen molar-refractivity contribution in [2.24, 2.45) is 11.0 Å². The van der Waals surface area contributed by atoms with Gasteiger partial charge in [-0.05, 0) is 19.8 Å². The summed E-state index contributed by atoms with van der Waals surface area (Å²) in [5.74, 6) is 0.494. The molecule has 0 aromatic carbocycles. The minimum atomic E-state index is -1.37. The number of hydrogen-bond acceptors (Lipinski definition) is 3. The van der Waals surface area contributed by atoms with Gasteiger partial charge in [-0.3, -0.25) is 5.01 Å². The molecule has 0 spiro atoms. The molecule has 6 heteroatoms. The molecule has 0 N–H and O–H groups in total. The highest BCUT2D eigenvalue weighted by molar-refractivity contribution is 6.68. The van der Waals surface area contributed by atoms with Gasteiger partial charge in [-0.2, -0.15) is 5.10 Å². The Kier molecular flexibility index (Phi) is 4.61. The molecule has 1 heterocycles. The molecule has 0 aromatic heterocycles. The molecule has 94 valence electrons. The molecule has 1 aliphatic heterocycles. The molecule has 0 aromatic rings. The van der Waals surface area contributed by atoms with Gasteiger partial charge in [0.1, 0.15) is 6.34 Å². The van der Waals surface area contributed by atoms with E-state index in [1.54, 1.807) is 6.34 Å². The third-order valence-electron chi connectivity index (χ3n) is 2.30. The minimum absolute atomic E-state index is 0.203. The van der Waals surface area contributed by atoms with E-state index in [1.165, 1.54) is 0 Å². The maximum absolute atomic E-state index is 6.02. The first-order chi connectivity index (χ1) is 7.23. The van der Waals surface area contributed by atoms with Crippen LogP contribution in [0.5, 0.6) is 0 Å². The Morgan fingerprint density at radius 1 is 1.25 bits per heavy atom. The fraction of sp³-hybridized carbons (Fsp3) is 0.900. The van der Waals surface area contributed by atoms with Gasteiger partial charge in [0.15, 0.2) is 6.17 Å². The average Bonchev–Trinajstić information content (AvgIpc) is 2.45. The summed E-state index contributed by atoms with van der Waals surface area (Å²) in [6.45, 7) is 9.13. The first-order valence-electron chi connectivity index (χ1n) is 5.38. The van der Waals surface area contributed by atoms with Gasteiger partial charge >= 0.3 is 0 Å². The van der Waals surface area contributed by atoms with Crippen molar-refractivity contribution in [1.29, 1.82) is 0 Å². The molecule has 0 fully saturated rings. The van der Waals surface area contributed by atoms with E-state index >= 15 is 0 Å². The van der Waals surface area contributed by atoms with Crippen LogP contribution in [0, 0.1) is 5.92 Å². The third kappa shape index (κ3) is 3.31. The summed E-state index contributed by atoms with van der Waals surface area (Å²) in [5, 5.41) is 6.13. The average molecular weight is 287 g/mol. The molecule has 0 radical (unpaired) electrons. The Labute approximate surface area is 112 Å². The molecular weight excluding hydrogens is 268 g/mol. The van der Waals surface area contributed by atoms with E-state index in [0.29, 0.717) is 5.92 Å². The fourth-order valence-corrected chi connectivity index (χ4v) is 2.40. The standard InChI is InChI=1S/C10H18Cl3N3/c1-7(2)5-15-6-14-16(8(3)4)9(15)10(11,12)13/h6-9H,5H2,1-4H3. The van der Waals surface area contributed by atoms with Crippen LogP contribution >= 0.6 is 34.8 Å². The van der Waals surface area contributed by atoms with Crippen molar-refractivity contribution in [3.8, 4) is 0 Å². The zero-order valence-electron chi connectivity index (χ0n) is 9.99. The third-order valence-corrected chi connectivity index (χ3v) is 2.88. The molecule has 0 saturated heterocycles. The smallest absolute Gasteiger partial charge is 0.230 e. The van der Waals surface area contributed by atoms with Gasteiger partial charge in [0, 0.05) is 12.6 Å². The predicted molar refractivity (Wildman–Crippen MR) is 71.1 cm³/mol. The van der Waals surface area contributed by atoms with Crippen molar-refractivity contribution < 1.29 is 0 Å². The van der Waals surface area contributed by atoms with Gasteiger partial charge in [0.2, 0.25) is 3.79 Å². The lowest BCUT2D eigenvalue weighted by Gasteiger charge is -2.37. The Balaban J connectivity index is 2.84. The molecule has 3 nitrogen and oxygen atoms in total. The number of hydrazone groups is 1. The van der Waals surface area contributed by atoms with Crippen LogP contribution in [0.1, 0.15) is 27.7 Å². The highest BCUT2D eigenvalue weighted by Crippen LogP contribution is 2.38. The molecule has 16 heavy (non-hydrogen) atoms. The molecule has 0 aliphatic carbocycles. The molecule has 0 bridgehead atoms. The highest BCUT2D eigenvalue weighted by Gasteiger charge is 2.44. The summed E-state index contributed by atoms with van der Waals surface area (Å²) < 4.78 is -1.37. The normalized spacial score (nSPS) is 21.7. The molecule has 1 aliphatic rings. The summed E-state index contributed by atoms with van der Waals surface area (Å²) in [6, 6.07) is 0.203. The zero-order chi connectivity index (χ0) is 12.5. The molecule has 1 rings (SSSR count). The van der Waals surface area contributed by atoms with Gasteiger partial charge in [0.05, 0.1) is 0 Å². The number of hydrogen-bond donors (Lipinski definition) is 0. The van der Waals surface area contributed by atoms with Gasteiger partial charge < -0.3 is 4.90 Å². The lowest BCUT2D eigenvalue weighted by molar-refractivity contribution is 0.0965. The van der Waals surface area contributed by atoms with E-state index < -0.39 is 3.79 Å². The monoisotopic (exact) mass is 285 g/mol. The van der Waals surface area contributed by atoms with Crippen molar-refractivity contribution in [3.05, 3.63) is 0 Å². The second-order valence-electron chi connectivity index (χ2n) is 4.71. The molecular formula is C10H18Cl3N3. The van der Waals surface area contributed by atoms with E-state index in [0.717, 1.165) is 6.54 Å². The van der Waals surface area contributed by atoms with Gasteiger partial charge in [-0.1, -0.05) is 48.7 Å². The van der Waals surface area contributed by atoms with Crippen molar-refractivity contribution in [1.82, 2.24) is 9.91 Å². The first kappa shape index (κ1) is 14.2. The van der Waals surface area contributed by atoms with Gasteiger partial charge in [-0.25, -0.2) is 0 Å². The summed E-state index contributed by atoms with van der Waals surface area (Å²) >= 11 is 18.1. The van der Waals surface area contributed by atoms with Crippen LogP contribution in [0.25, 0.3) is 0 Å². The molecule has 0 saturated carbocycles. The summed E-state index contributed by atoms with van der Waals surface area (Å²) in [6.07, 6.45) is 1.44. The second kappa shape index (κ2) is 5.19. The topological polar surface area (TPSA) is 18.8 Å². The van der Waals surface area contributed by atoms with Crippen molar-refractivity contribution in [3.63, 3.8) is 0 Å². The molecule has 1 unspecified atom stereocenters. The predicted octanol–water partition coefficient (Wildman–Crippen LogP) is 3.31. The molecule has 0 amide bonds. The maximum atomic E-state index is 6.02. The van der Waals surface area contributed by atoms with E-state index in [2.05, 4.69) is 18.9 Å². The van der Waals surface area contributed by atoms with Crippen LogP contribution in [0.4, 0.5) is 0 Å². The van der Waals surface area contributed by atoms with Crippen molar-refractivity contribution in [2.45, 2.75) is 43.7 Å². The van der Waals surface area contributed by atoms with E-state index in [1.807, 2.05) is 23.8 Å². The van der Waals surface area contributed by atoms with Crippen LogP contribution < -0.4 is 0 Å². The van der Waals surface area contributed by atoms with Gasteiger partial charge in [0.25, 0.3) is 0 Å². The Morgan fingerprint density at radius 2 is 1.81 bits per heavy atom. The minimum Gasteiger partial charge on any atom is -0.336 e. The fourth-order valence-electron chi connectivity index (χ4n) is 1.73. The second-order valence-corrected chi connectivity index (χ2v) is 7.08. The summed E-state index contributed by atoms with van der Waals surface area (Å²) in [4.78, 5) is 1.98. The Hall–Kier alpha value is 0.140. The maximum Gasteiger partial charge on any atom is 0.230 e. The Morgan fingerprint density at radius 3 is 2.19 bits per heavy atom. The number of nitrogens with zero attached hydrogens (tertiary/aromatic N) is 3. The zero-order valence-corrected chi connectivity index (χ0v) is 12.3. The quantitative estimate of drug-likeness (QED) is 0.741. The first-order valence-corrected chi connectivity index (χ1v) is 6.51. The van der Waals surface area contributed by atoms with Crippen LogP contribution in [-0.4, -0.2) is 38.8 Å². The lowest BCUT2D eigenvalue weighted by atomic mass is 10.2. The van der Waals surface area contributed by atoms with Crippen molar-refractivity contribution >= 4 is 41.1 Å². The van der Waals surface area contributed by atoms with Crippen LogP contribution in [0.15, 0.2) is 5.10 Å². The number of halogens is 3. The van der Waals surface area contributed by atoms with Gasteiger partial charge in [-0.15, -0.1) is 0 Å². The highest BCUT2D eigenvalue weighted by atomic mass is 35.6. The number of alkyl halides is 3. The van der Waals surface area contributed by atoms with E-state index in [-0.39, 0.29) is 12.2 Å². The largest absolute Gasteiger partial charge is 0.336 e. The summed E-state index contributed by atoms with van der Waals surface area (Å²) in [5.41, 5.74) is 0. The van der Waals surface area contributed by atoms with Crippen LogP contribution in [-0.2, 0) is 0 Å². The van der Waals surface area contributed by atoms with E-state index in [4.69, 9.17) is 34.8 Å². The van der Waals surface area contributed by atoms with Crippen LogP contribution in [0.2, 0.25) is 0 Å². The lowest BCUT2D eigenvalue weighted by Crippen LogP contribution is -2.51. The SMILES string of the molecule is CC(C)CN1C=NN(C(C)C)C1C(Cl)(Cl)Cl. The van der Waals surface area contributed by atoms with Crippen LogP contribution in [0.3, 0.4) is 0 Å². The summed E-state index contributed by atoms with van der Waals surface area (Å²) in [7, 11) is 0. The van der Waals surface area contributed by atoms with Crippen molar-refractivity contribution in [2.75, 3.05) is 6.54 Å². The van der Waals surface area contributed by atoms with E-state index in [9.17, 15) is 0 Å². The Bertz CT molecular complexity index is 261. The number of rotatable bonds is 3.